The molecule has 2 aromatic rings. The number of hydrogen-bond donors (Lipinski definition) is 1. The Hall–Kier alpha value is -2.05. The molecule has 0 aliphatic heterocycles. The normalized spacial score (nSPS) is 11.9. The average molecular weight is 451 g/mol. The van der Waals surface area contributed by atoms with Gasteiger partial charge in [-0.3, -0.25) is 9.59 Å². The Morgan fingerprint density at radius 1 is 1.10 bits per heavy atom. The summed E-state index contributed by atoms with van der Waals surface area (Å²) < 4.78 is 14.2. The van der Waals surface area contributed by atoms with Crippen molar-refractivity contribution < 1.29 is 14.0 Å². The van der Waals surface area contributed by atoms with Crippen LogP contribution >= 0.6 is 23.4 Å². The van der Waals surface area contributed by atoms with Crippen LogP contribution in [0.25, 0.3) is 0 Å². The largest absolute Gasteiger partial charge is 0.354 e. The van der Waals surface area contributed by atoms with Crippen LogP contribution in [0.4, 0.5) is 4.39 Å². The lowest BCUT2D eigenvalue weighted by Gasteiger charge is -2.29. The van der Waals surface area contributed by atoms with Crippen LogP contribution in [0.2, 0.25) is 5.02 Å². The van der Waals surface area contributed by atoms with E-state index < -0.39 is 6.04 Å². The topological polar surface area (TPSA) is 49.4 Å². The van der Waals surface area contributed by atoms with Crippen molar-refractivity contribution in [3.05, 3.63) is 64.9 Å². The van der Waals surface area contributed by atoms with Gasteiger partial charge in [-0.1, -0.05) is 43.6 Å². The van der Waals surface area contributed by atoms with Gasteiger partial charge in [-0.15, -0.1) is 11.8 Å². The van der Waals surface area contributed by atoms with Crippen molar-refractivity contribution in [2.24, 2.45) is 5.92 Å². The third-order valence-corrected chi connectivity index (χ3v) is 5.81. The highest BCUT2D eigenvalue weighted by Gasteiger charge is 2.26. The summed E-state index contributed by atoms with van der Waals surface area (Å²) in [6, 6.07) is 13.0. The molecule has 0 unspecified atom stereocenters. The Morgan fingerprint density at radius 2 is 1.77 bits per heavy atom. The Morgan fingerprint density at radius 3 is 2.40 bits per heavy atom. The van der Waals surface area contributed by atoms with Gasteiger partial charge in [0.2, 0.25) is 11.8 Å². The second-order valence-electron chi connectivity index (χ2n) is 7.48. The maximum absolute atomic E-state index is 14.2. The van der Waals surface area contributed by atoms with E-state index in [4.69, 9.17) is 11.6 Å². The van der Waals surface area contributed by atoms with Crippen LogP contribution in [-0.4, -0.2) is 35.1 Å². The molecule has 0 saturated heterocycles. The summed E-state index contributed by atoms with van der Waals surface area (Å²) >= 11 is 7.44. The number of carbonyl (C=O) groups is 2. The summed E-state index contributed by atoms with van der Waals surface area (Å²) in [5, 5.41) is 3.52. The minimum atomic E-state index is -0.698. The maximum Gasteiger partial charge on any atom is 0.242 e. The molecular weight excluding hydrogens is 423 g/mol. The van der Waals surface area contributed by atoms with Crippen molar-refractivity contribution in [3.8, 4) is 0 Å². The van der Waals surface area contributed by atoms with Gasteiger partial charge in [-0.2, -0.15) is 0 Å². The van der Waals surface area contributed by atoms with Crippen molar-refractivity contribution in [2.75, 3.05) is 12.3 Å². The molecule has 0 radical (unpaired) electrons. The second kappa shape index (κ2) is 12.0. The van der Waals surface area contributed by atoms with Crippen molar-refractivity contribution in [1.29, 1.82) is 0 Å². The molecule has 2 rings (SSSR count). The summed E-state index contributed by atoms with van der Waals surface area (Å²) in [5.41, 5.74) is 0.389. The number of amides is 2. The van der Waals surface area contributed by atoms with E-state index in [0.29, 0.717) is 28.8 Å². The van der Waals surface area contributed by atoms with Crippen LogP contribution in [0.1, 0.15) is 32.8 Å². The fraction of sp³-hybridized carbons (Fsp3) is 0.391. The fourth-order valence-electron chi connectivity index (χ4n) is 2.78. The van der Waals surface area contributed by atoms with Gasteiger partial charge in [0.1, 0.15) is 11.9 Å². The van der Waals surface area contributed by atoms with E-state index in [0.717, 1.165) is 4.90 Å². The van der Waals surface area contributed by atoms with E-state index >= 15 is 0 Å². The van der Waals surface area contributed by atoms with E-state index in [1.54, 1.807) is 37.3 Å². The van der Waals surface area contributed by atoms with Gasteiger partial charge in [-0.05, 0) is 43.2 Å². The highest BCUT2D eigenvalue weighted by molar-refractivity contribution is 7.99. The minimum absolute atomic E-state index is 0.0490. The second-order valence-corrected chi connectivity index (χ2v) is 9.09. The van der Waals surface area contributed by atoms with E-state index in [-0.39, 0.29) is 30.6 Å². The first-order valence-corrected chi connectivity index (χ1v) is 11.3. The number of nitrogens with one attached hydrogen (secondary N) is 1. The van der Waals surface area contributed by atoms with E-state index in [1.165, 1.54) is 22.7 Å². The number of carbonyl (C=O) groups excluding carboxylic acids is 2. The van der Waals surface area contributed by atoms with Gasteiger partial charge in [0.05, 0.1) is 0 Å². The molecular formula is C23H28ClFN2O2S. The number of hydrogen-bond acceptors (Lipinski definition) is 3. The molecule has 0 aliphatic rings. The lowest BCUT2D eigenvalue weighted by Crippen LogP contribution is -2.48. The first-order chi connectivity index (χ1) is 14.3. The van der Waals surface area contributed by atoms with Crippen molar-refractivity contribution in [3.63, 3.8) is 0 Å². The molecule has 30 heavy (non-hydrogen) atoms. The zero-order chi connectivity index (χ0) is 22.1. The number of nitrogens with zero attached hydrogens (tertiary/aromatic N) is 1. The van der Waals surface area contributed by atoms with Gasteiger partial charge < -0.3 is 10.2 Å². The third kappa shape index (κ3) is 7.65. The Kier molecular flexibility index (Phi) is 9.66. The molecule has 0 spiro atoms. The minimum Gasteiger partial charge on any atom is -0.354 e. The van der Waals surface area contributed by atoms with E-state index in [2.05, 4.69) is 5.32 Å². The van der Waals surface area contributed by atoms with Crippen LogP contribution in [0.15, 0.2) is 53.4 Å². The molecule has 0 heterocycles. The summed E-state index contributed by atoms with van der Waals surface area (Å²) in [4.78, 5) is 28.0. The van der Waals surface area contributed by atoms with Crippen LogP contribution < -0.4 is 5.32 Å². The third-order valence-electron chi connectivity index (χ3n) is 4.55. The van der Waals surface area contributed by atoms with Gasteiger partial charge in [0, 0.05) is 40.7 Å². The first-order valence-electron chi connectivity index (χ1n) is 9.97. The smallest absolute Gasteiger partial charge is 0.242 e. The summed E-state index contributed by atoms with van der Waals surface area (Å²) in [5.74, 6) is 0.0353. The lowest BCUT2D eigenvalue weighted by molar-refractivity contribution is -0.140. The molecule has 0 fully saturated rings. The van der Waals surface area contributed by atoms with Crippen LogP contribution in [0.5, 0.6) is 0 Å². The molecule has 162 valence electrons. The predicted molar refractivity (Wildman–Crippen MR) is 121 cm³/mol. The van der Waals surface area contributed by atoms with Crippen molar-refractivity contribution in [2.45, 2.75) is 44.7 Å². The zero-order valence-corrected chi connectivity index (χ0v) is 19.1. The standard InChI is InChI=1S/C23H28ClFN2O2S/c1-16(2)14-26-23(29)17(3)27(15-18-6-4-5-7-21(18)25)22(28)12-13-30-20-10-8-19(24)9-11-20/h4-11,16-17H,12-15H2,1-3H3,(H,26,29)/t17-/m0/s1. The number of rotatable bonds is 10. The summed E-state index contributed by atoms with van der Waals surface area (Å²) in [6.45, 7) is 6.26. The molecule has 0 bridgehead atoms. The molecule has 4 nitrogen and oxygen atoms in total. The molecule has 0 saturated carbocycles. The quantitative estimate of drug-likeness (QED) is 0.509. The fourth-order valence-corrected chi connectivity index (χ4v) is 3.74. The van der Waals surface area contributed by atoms with Crippen molar-refractivity contribution >= 4 is 35.2 Å². The molecule has 2 amide bonds. The molecule has 0 aromatic heterocycles. The molecule has 0 aliphatic carbocycles. The SMILES string of the molecule is CC(C)CNC(=O)[C@H](C)N(Cc1ccccc1F)C(=O)CCSc1ccc(Cl)cc1. The summed E-state index contributed by atoms with van der Waals surface area (Å²) in [6.07, 6.45) is 0.240. The molecule has 2 aromatic carbocycles. The summed E-state index contributed by atoms with van der Waals surface area (Å²) in [7, 11) is 0. The highest BCUT2D eigenvalue weighted by atomic mass is 35.5. The Bertz CT molecular complexity index is 845. The lowest BCUT2D eigenvalue weighted by atomic mass is 10.1. The van der Waals surface area contributed by atoms with Crippen molar-refractivity contribution in [1.82, 2.24) is 10.2 Å². The average Bonchev–Trinajstić information content (AvgIpc) is 2.72. The predicted octanol–water partition coefficient (Wildman–Crippen LogP) is 5.15. The monoisotopic (exact) mass is 450 g/mol. The maximum atomic E-state index is 14.2. The van der Waals surface area contributed by atoms with E-state index in [1.807, 2.05) is 26.0 Å². The van der Waals surface area contributed by atoms with Gasteiger partial charge >= 0.3 is 0 Å². The number of benzene rings is 2. The number of halogens is 2. The van der Waals surface area contributed by atoms with Crippen LogP contribution in [0.3, 0.4) is 0 Å². The van der Waals surface area contributed by atoms with Crippen LogP contribution in [0, 0.1) is 11.7 Å². The van der Waals surface area contributed by atoms with Gasteiger partial charge in [0.15, 0.2) is 0 Å². The van der Waals surface area contributed by atoms with Crippen LogP contribution in [-0.2, 0) is 16.1 Å². The first kappa shape index (κ1) is 24.2. The van der Waals surface area contributed by atoms with Gasteiger partial charge in [-0.25, -0.2) is 4.39 Å². The molecule has 1 N–H and O–H groups in total. The zero-order valence-electron chi connectivity index (χ0n) is 17.5. The Labute approximate surface area is 187 Å². The number of thioether (sulfide) groups is 1. The Balaban J connectivity index is 2.06. The molecule has 1 atom stereocenters. The molecule has 7 heteroatoms. The van der Waals surface area contributed by atoms with E-state index in [9.17, 15) is 14.0 Å². The van der Waals surface area contributed by atoms with Gasteiger partial charge in [0.25, 0.3) is 0 Å². The highest BCUT2D eigenvalue weighted by Crippen LogP contribution is 2.22.